The van der Waals surface area contributed by atoms with Gasteiger partial charge in [0, 0.05) is 17.5 Å². The van der Waals surface area contributed by atoms with Gasteiger partial charge in [0.15, 0.2) is 5.82 Å². The van der Waals surface area contributed by atoms with Crippen LogP contribution >= 0.6 is 24.2 Å². The molecular formula is C16H17ClN4S. The highest BCUT2D eigenvalue weighted by molar-refractivity contribution is 7.98. The third-order valence-electron chi connectivity index (χ3n) is 3.18. The molecule has 3 aromatic rings. The highest BCUT2D eigenvalue weighted by Crippen LogP contribution is 2.24. The molecule has 6 heteroatoms. The van der Waals surface area contributed by atoms with Crippen molar-refractivity contribution in [3.63, 3.8) is 0 Å². The molecule has 1 aromatic carbocycles. The standard InChI is InChI=1S/C16H16N4S.ClH/c1-11-6-7-14(12(2)9-11)15-18-16(20-19-15)21-10-13-5-3-4-8-17-13;/h3-9H,10H2,1-2H3,(H,18,19,20);1H. The second-order valence-corrected chi connectivity index (χ2v) is 5.84. The molecule has 0 bridgehead atoms. The van der Waals surface area contributed by atoms with E-state index in [2.05, 4.69) is 52.2 Å². The van der Waals surface area contributed by atoms with Gasteiger partial charge in [0.25, 0.3) is 0 Å². The van der Waals surface area contributed by atoms with Crippen molar-refractivity contribution in [2.75, 3.05) is 0 Å². The highest BCUT2D eigenvalue weighted by atomic mass is 35.5. The van der Waals surface area contributed by atoms with E-state index in [9.17, 15) is 0 Å². The molecule has 114 valence electrons. The second-order valence-electron chi connectivity index (χ2n) is 4.89. The maximum absolute atomic E-state index is 4.55. The van der Waals surface area contributed by atoms with Gasteiger partial charge in [-0.15, -0.1) is 17.5 Å². The summed E-state index contributed by atoms with van der Waals surface area (Å²) in [5.74, 6) is 1.58. The van der Waals surface area contributed by atoms with Crippen molar-refractivity contribution >= 4 is 24.2 Å². The van der Waals surface area contributed by atoms with E-state index in [0.717, 1.165) is 28.0 Å². The summed E-state index contributed by atoms with van der Waals surface area (Å²) >= 11 is 1.58. The Kier molecular flexibility index (Phi) is 5.57. The van der Waals surface area contributed by atoms with E-state index in [-0.39, 0.29) is 12.4 Å². The molecule has 0 aliphatic rings. The molecule has 0 aliphatic carbocycles. The van der Waals surface area contributed by atoms with Crippen molar-refractivity contribution in [1.82, 2.24) is 20.2 Å². The Morgan fingerprint density at radius 2 is 2.00 bits per heavy atom. The predicted octanol–water partition coefficient (Wildman–Crippen LogP) is 4.20. The van der Waals surface area contributed by atoms with E-state index in [1.54, 1.807) is 18.0 Å². The average Bonchev–Trinajstić information content (AvgIpc) is 2.95. The summed E-state index contributed by atoms with van der Waals surface area (Å²) in [5.41, 5.74) is 4.58. The number of benzene rings is 1. The molecule has 0 fully saturated rings. The van der Waals surface area contributed by atoms with Gasteiger partial charge in [0.05, 0.1) is 5.69 Å². The predicted molar refractivity (Wildman–Crippen MR) is 92.3 cm³/mol. The topological polar surface area (TPSA) is 54.5 Å². The first-order valence-electron chi connectivity index (χ1n) is 6.75. The molecule has 0 radical (unpaired) electrons. The van der Waals surface area contributed by atoms with Crippen LogP contribution in [-0.4, -0.2) is 20.2 Å². The van der Waals surface area contributed by atoms with Crippen molar-refractivity contribution in [3.05, 3.63) is 59.4 Å². The number of H-pyrrole nitrogens is 1. The van der Waals surface area contributed by atoms with E-state index in [4.69, 9.17) is 0 Å². The largest absolute Gasteiger partial charge is 0.260 e. The number of nitrogens with one attached hydrogen (secondary N) is 1. The lowest BCUT2D eigenvalue weighted by Gasteiger charge is -2.02. The fourth-order valence-corrected chi connectivity index (χ4v) is 2.85. The van der Waals surface area contributed by atoms with Gasteiger partial charge < -0.3 is 0 Å². The van der Waals surface area contributed by atoms with Crippen LogP contribution in [0.2, 0.25) is 0 Å². The lowest BCUT2D eigenvalue weighted by molar-refractivity contribution is 0.971. The fourth-order valence-electron chi connectivity index (χ4n) is 2.13. The number of pyridine rings is 1. The van der Waals surface area contributed by atoms with Gasteiger partial charge in [-0.25, -0.2) is 4.98 Å². The molecule has 0 saturated carbocycles. The summed E-state index contributed by atoms with van der Waals surface area (Å²) in [5, 5.41) is 8.03. The van der Waals surface area contributed by atoms with Crippen LogP contribution in [-0.2, 0) is 5.75 Å². The number of aromatic nitrogens is 4. The fraction of sp³-hybridized carbons (Fsp3) is 0.188. The number of hydrogen-bond acceptors (Lipinski definition) is 4. The van der Waals surface area contributed by atoms with Gasteiger partial charge >= 0.3 is 0 Å². The van der Waals surface area contributed by atoms with E-state index in [1.165, 1.54) is 11.1 Å². The third kappa shape index (κ3) is 3.87. The SMILES string of the molecule is Cc1ccc(-c2nc(SCc3ccccn3)n[nH]2)c(C)c1.Cl. The minimum absolute atomic E-state index is 0. The first-order chi connectivity index (χ1) is 10.2. The molecule has 2 heterocycles. The summed E-state index contributed by atoms with van der Waals surface area (Å²) in [4.78, 5) is 8.85. The number of hydrogen-bond donors (Lipinski definition) is 1. The minimum atomic E-state index is 0. The quantitative estimate of drug-likeness (QED) is 0.727. The third-order valence-corrected chi connectivity index (χ3v) is 4.06. The lowest BCUT2D eigenvalue weighted by Crippen LogP contribution is -1.87. The van der Waals surface area contributed by atoms with Gasteiger partial charge in [-0.3, -0.25) is 10.1 Å². The zero-order valence-electron chi connectivity index (χ0n) is 12.4. The zero-order chi connectivity index (χ0) is 14.7. The van der Waals surface area contributed by atoms with Crippen molar-refractivity contribution in [3.8, 4) is 11.4 Å². The Balaban J connectivity index is 0.00000176. The van der Waals surface area contributed by atoms with Crippen molar-refractivity contribution in [1.29, 1.82) is 0 Å². The van der Waals surface area contributed by atoms with Gasteiger partial charge in [0.1, 0.15) is 0 Å². The van der Waals surface area contributed by atoms with Gasteiger partial charge in [-0.2, -0.15) is 0 Å². The second kappa shape index (κ2) is 7.42. The monoisotopic (exact) mass is 332 g/mol. The molecule has 1 N–H and O–H groups in total. The lowest BCUT2D eigenvalue weighted by atomic mass is 10.1. The molecule has 0 unspecified atom stereocenters. The molecule has 0 spiro atoms. The van der Waals surface area contributed by atoms with E-state index < -0.39 is 0 Å². The Morgan fingerprint density at radius 1 is 1.14 bits per heavy atom. The van der Waals surface area contributed by atoms with Crippen LogP contribution in [0.3, 0.4) is 0 Å². The van der Waals surface area contributed by atoms with E-state index >= 15 is 0 Å². The summed E-state index contributed by atoms with van der Waals surface area (Å²) < 4.78 is 0. The Bertz CT molecular complexity index is 743. The van der Waals surface area contributed by atoms with Crippen LogP contribution in [0.15, 0.2) is 47.8 Å². The normalized spacial score (nSPS) is 10.3. The maximum atomic E-state index is 4.55. The molecule has 0 atom stereocenters. The van der Waals surface area contributed by atoms with Crippen LogP contribution in [0.25, 0.3) is 11.4 Å². The molecule has 2 aromatic heterocycles. The van der Waals surface area contributed by atoms with Crippen molar-refractivity contribution in [2.24, 2.45) is 0 Å². The smallest absolute Gasteiger partial charge is 0.209 e. The summed E-state index contributed by atoms with van der Waals surface area (Å²) in [6.45, 7) is 4.18. The van der Waals surface area contributed by atoms with Gasteiger partial charge in [-0.05, 0) is 31.5 Å². The molecule has 0 saturated heterocycles. The minimum Gasteiger partial charge on any atom is -0.260 e. The number of aromatic amines is 1. The number of rotatable bonds is 4. The number of aryl methyl sites for hydroxylation is 2. The number of thioether (sulfide) groups is 1. The van der Waals surface area contributed by atoms with Gasteiger partial charge in [0.2, 0.25) is 5.16 Å². The first kappa shape index (κ1) is 16.5. The van der Waals surface area contributed by atoms with E-state index in [1.807, 2.05) is 18.2 Å². The summed E-state index contributed by atoms with van der Waals surface area (Å²) in [7, 11) is 0. The van der Waals surface area contributed by atoms with Crippen molar-refractivity contribution < 1.29 is 0 Å². The van der Waals surface area contributed by atoms with Crippen LogP contribution in [0.1, 0.15) is 16.8 Å². The highest BCUT2D eigenvalue weighted by Gasteiger charge is 2.09. The molecule has 0 amide bonds. The molecule has 3 rings (SSSR count). The van der Waals surface area contributed by atoms with Gasteiger partial charge in [-0.1, -0.05) is 41.6 Å². The van der Waals surface area contributed by atoms with Crippen LogP contribution in [0.4, 0.5) is 0 Å². The number of nitrogens with zero attached hydrogens (tertiary/aromatic N) is 3. The van der Waals surface area contributed by atoms with E-state index in [0.29, 0.717) is 0 Å². The molecule has 4 nitrogen and oxygen atoms in total. The summed E-state index contributed by atoms with van der Waals surface area (Å²) in [6, 6.07) is 12.2. The van der Waals surface area contributed by atoms with Crippen LogP contribution < -0.4 is 0 Å². The average molecular weight is 333 g/mol. The van der Waals surface area contributed by atoms with Crippen LogP contribution in [0.5, 0.6) is 0 Å². The molecule has 0 aliphatic heterocycles. The maximum Gasteiger partial charge on any atom is 0.209 e. The molecule has 22 heavy (non-hydrogen) atoms. The van der Waals surface area contributed by atoms with Crippen molar-refractivity contribution in [2.45, 2.75) is 24.8 Å². The molecular weight excluding hydrogens is 316 g/mol. The first-order valence-corrected chi connectivity index (χ1v) is 7.73. The Morgan fingerprint density at radius 3 is 2.73 bits per heavy atom. The Hall–Kier alpha value is -1.85. The number of halogens is 1. The summed E-state index contributed by atoms with van der Waals surface area (Å²) in [6.07, 6.45) is 1.80. The van der Waals surface area contributed by atoms with Crippen LogP contribution in [0, 0.1) is 13.8 Å². The Labute approximate surface area is 140 Å². The zero-order valence-corrected chi connectivity index (χ0v) is 14.0.